The van der Waals surface area contributed by atoms with Gasteiger partial charge in [0.15, 0.2) is 0 Å². The van der Waals surface area contributed by atoms with Crippen molar-refractivity contribution in [1.82, 2.24) is 4.90 Å². The van der Waals surface area contributed by atoms with E-state index in [0.717, 1.165) is 37.4 Å². The second-order valence-corrected chi connectivity index (χ2v) is 5.27. The standard InChI is InChI=1S/C15H19ClN2/c1-2-3-9-18-10-8-13(11-15(18)17)12-4-6-14(16)7-5-12/h1,4-7,13,15H,3,8-11,17H2. The van der Waals surface area contributed by atoms with Gasteiger partial charge in [0.2, 0.25) is 0 Å². The van der Waals surface area contributed by atoms with Crippen LogP contribution in [0.3, 0.4) is 0 Å². The maximum atomic E-state index is 6.21. The van der Waals surface area contributed by atoms with Crippen molar-refractivity contribution in [2.24, 2.45) is 5.73 Å². The first-order chi connectivity index (χ1) is 8.70. The quantitative estimate of drug-likeness (QED) is 0.849. The number of piperidine rings is 1. The van der Waals surface area contributed by atoms with Crippen LogP contribution in [0, 0.1) is 12.3 Å². The van der Waals surface area contributed by atoms with Crippen molar-refractivity contribution < 1.29 is 0 Å². The third-order valence-corrected chi connectivity index (χ3v) is 3.90. The van der Waals surface area contributed by atoms with Gasteiger partial charge in [-0.1, -0.05) is 23.7 Å². The first-order valence-electron chi connectivity index (χ1n) is 6.39. The van der Waals surface area contributed by atoms with Gasteiger partial charge in [-0.2, -0.15) is 0 Å². The van der Waals surface area contributed by atoms with Gasteiger partial charge in [0.25, 0.3) is 0 Å². The fourth-order valence-corrected chi connectivity index (χ4v) is 2.70. The Balaban J connectivity index is 1.95. The van der Waals surface area contributed by atoms with E-state index in [1.165, 1.54) is 5.56 Å². The van der Waals surface area contributed by atoms with Crippen LogP contribution in [0.15, 0.2) is 24.3 Å². The van der Waals surface area contributed by atoms with Crippen LogP contribution in [0.5, 0.6) is 0 Å². The Hall–Kier alpha value is -1.01. The molecule has 0 radical (unpaired) electrons. The summed E-state index contributed by atoms with van der Waals surface area (Å²) in [5.74, 6) is 3.21. The fourth-order valence-electron chi connectivity index (χ4n) is 2.57. The van der Waals surface area contributed by atoms with Crippen molar-refractivity contribution in [1.29, 1.82) is 0 Å². The van der Waals surface area contributed by atoms with E-state index in [1.807, 2.05) is 12.1 Å². The van der Waals surface area contributed by atoms with Crippen LogP contribution in [0.4, 0.5) is 0 Å². The normalized spacial score (nSPS) is 24.7. The second kappa shape index (κ2) is 6.24. The highest BCUT2D eigenvalue weighted by Gasteiger charge is 2.26. The molecular weight excluding hydrogens is 244 g/mol. The zero-order valence-electron chi connectivity index (χ0n) is 10.5. The molecule has 1 saturated heterocycles. The largest absolute Gasteiger partial charge is 0.316 e. The molecule has 1 aliphatic rings. The third-order valence-electron chi connectivity index (χ3n) is 3.64. The first-order valence-corrected chi connectivity index (χ1v) is 6.77. The molecule has 18 heavy (non-hydrogen) atoms. The van der Waals surface area contributed by atoms with E-state index in [9.17, 15) is 0 Å². The van der Waals surface area contributed by atoms with Gasteiger partial charge in [-0.15, -0.1) is 12.3 Å². The van der Waals surface area contributed by atoms with Gasteiger partial charge in [-0.25, -0.2) is 0 Å². The molecule has 3 heteroatoms. The molecule has 1 fully saturated rings. The lowest BCUT2D eigenvalue weighted by atomic mass is 9.88. The zero-order chi connectivity index (χ0) is 13.0. The molecule has 2 N–H and O–H groups in total. The smallest absolute Gasteiger partial charge is 0.0577 e. The topological polar surface area (TPSA) is 29.3 Å². The van der Waals surface area contributed by atoms with Crippen LogP contribution < -0.4 is 5.73 Å². The minimum atomic E-state index is 0.118. The SMILES string of the molecule is C#CCCN1CCC(c2ccc(Cl)cc2)CC1N. The number of nitrogens with two attached hydrogens (primary N) is 1. The van der Waals surface area contributed by atoms with Crippen LogP contribution >= 0.6 is 11.6 Å². The van der Waals surface area contributed by atoms with Gasteiger partial charge >= 0.3 is 0 Å². The first kappa shape index (κ1) is 13.4. The van der Waals surface area contributed by atoms with E-state index in [0.29, 0.717) is 5.92 Å². The molecule has 1 aromatic carbocycles. The van der Waals surface area contributed by atoms with E-state index < -0.39 is 0 Å². The van der Waals surface area contributed by atoms with Crippen molar-refractivity contribution in [3.63, 3.8) is 0 Å². The van der Waals surface area contributed by atoms with E-state index in [1.54, 1.807) is 0 Å². The van der Waals surface area contributed by atoms with Crippen LogP contribution in [0.2, 0.25) is 5.02 Å². The van der Waals surface area contributed by atoms with Crippen molar-refractivity contribution >= 4 is 11.6 Å². The highest BCUT2D eigenvalue weighted by molar-refractivity contribution is 6.30. The van der Waals surface area contributed by atoms with Crippen molar-refractivity contribution in [3.05, 3.63) is 34.9 Å². The van der Waals surface area contributed by atoms with Gasteiger partial charge in [-0.3, -0.25) is 4.90 Å². The number of nitrogens with zero attached hydrogens (tertiary/aromatic N) is 1. The van der Waals surface area contributed by atoms with Crippen LogP contribution in [0.1, 0.15) is 30.7 Å². The molecule has 1 heterocycles. The molecular formula is C15H19ClN2. The van der Waals surface area contributed by atoms with Crippen LogP contribution in [0.25, 0.3) is 0 Å². The molecule has 2 unspecified atom stereocenters. The average molecular weight is 263 g/mol. The summed E-state index contributed by atoms with van der Waals surface area (Å²) in [6.45, 7) is 1.93. The number of hydrogen-bond donors (Lipinski definition) is 1. The predicted molar refractivity (Wildman–Crippen MR) is 76.4 cm³/mol. The summed E-state index contributed by atoms with van der Waals surface area (Å²) in [4.78, 5) is 2.28. The minimum Gasteiger partial charge on any atom is -0.316 e. The summed E-state index contributed by atoms with van der Waals surface area (Å²) in [7, 11) is 0. The van der Waals surface area contributed by atoms with Gasteiger partial charge in [-0.05, 0) is 36.5 Å². The molecule has 0 bridgehead atoms. The van der Waals surface area contributed by atoms with Crippen molar-refractivity contribution in [2.75, 3.05) is 13.1 Å². The summed E-state index contributed by atoms with van der Waals surface area (Å²) in [6.07, 6.45) is 8.32. The summed E-state index contributed by atoms with van der Waals surface area (Å²) in [5.41, 5.74) is 7.55. The Morgan fingerprint density at radius 1 is 1.39 bits per heavy atom. The van der Waals surface area contributed by atoms with E-state index >= 15 is 0 Å². The third kappa shape index (κ3) is 3.26. The average Bonchev–Trinajstić information content (AvgIpc) is 2.38. The summed E-state index contributed by atoms with van der Waals surface area (Å²) < 4.78 is 0. The number of likely N-dealkylation sites (tertiary alicyclic amines) is 1. The Labute approximate surface area is 114 Å². The fraction of sp³-hybridized carbons (Fsp3) is 0.467. The molecule has 96 valence electrons. The maximum Gasteiger partial charge on any atom is 0.0577 e. The second-order valence-electron chi connectivity index (χ2n) is 4.83. The van der Waals surface area contributed by atoms with Gasteiger partial charge in [0.1, 0.15) is 0 Å². The van der Waals surface area contributed by atoms with Crippen molar-refractivity contribution in [2.45, 2.75) is 31.3 Å². The molecule has 1 aromatic rings. The monoisotopic (exact) mass is 262 g/mol. The molecule has 0 saturated carbocycles. The number of hydrogen-bond acceptors (Lipinski definition) is 2. The number of terminal acetylenes is 1. The van der Waals surface area contributed by atoms with Crippen molar-refractivity contribution in [3.8, 4) is 12.3 Å². The Morgan fingerprint density at radius 2 is 2.11 bits per heavy atom. The van der Waals surface area contributed by atoms with Gasteiger partial charge in [0.05, 0.1) is 6.17 Å². The van der Waals surface area contributed by atoms with Gasteiger partial charge in [0, 0.05) is 24.5 Å². The number of rotatable bonds is 3. The molecule has 0 spiro atoms. The summed E-state index contributed by atoms with van der Waals surface area (Å²) in [6, 6.07) is 8.12. The van der Waals surface area contributed by atoms with Crippen LogP contribution in [-0.4, -0.2) is 24.2 Å². The Kier molecular flexibility index (Phi) is 4.66. The summed E-state index contributed by atoms with van der Waals surface area (Å²) >= 11 is 5.91. The molecule has 0 aromatic heterocycles. The molecule has 2 atom stereocenters. The lowest BCUT2D eigenvalue weighted by molar-refractivity contribution is 0.141. The van der Waals surface area contributed by atoms with E-state index in [-0.39, 0.29) is 6.17 Å². The van der Waals surface area contributed by atoms with E-state index in [2.05, 4.69) is 23.0 Å². The zero-order valence-corrected chi connectivity index (χ0v) is 11.2. The molecule has 0 aliphatic carbocycles. The Morgan fingerprint density at radius 3 is 2.72 bits per heavy atom. The lowest BCUT2D eigenvalue weighted by Gasteiger charge is -2.37. The maximum absolute atomic E-state index is 6.21. The predicted octanol–water partition coefficient (Wildman–Crippen LogP) is 2.83. The van der Waals surface area contributed by atoms with Crippen LogP contribution in [-0.2, 0) is 0 Å². The number of halogens is 1. The highest BCUT2D eigenvalue weighted by atomic mass is 35.5. The molecule has 1 aliphatic heterocycles. The Bertz CT molecular complexity index is 421. The lowest BCUT2D eigenvalue weighted by Crippen LogP contribution is -2.47. The van der Waals surface area contributed by atoms with E-state index in [4.69, 9.17) is 23.8 Å². The molecule has 0 amide bonds. The highest BCUT2D eigenvalue weighted by Crippen LogP contribution is 2.30. The molecule has 2 rings (SSSR count). The minimum absolute atomic E-state index is 0.118. The summed E-state index contributed by atoms with van der Waals surface area (Å²) in [5, 5.41) is 0.787. The molecule has 2 nitrogen and oxygen atoms in total. The van der Waals surface area contributed by atoms with Gasteiger partial charge < -0.3 is 5.73 Å². The number of benzene rings is 1.